The SMILES string of the molecule is COc1ccc(NC(=O)C[NH2+][C@@H](c2ccc(C)cc2)c2cccs2)c(OC)c1. The largest absolute Gasteiger partial charge is 0.497 e. The Morgan fingerprint density at radius 2 is 1.89 bits per heavy atom. The van der Waals surface area contributed by atoms with E-state index in [4.69, 9.17) is 9.47 Å². The number of aryl methyl sites for hydroxylation is 1. The third-order valence-corrected chi connectivity index (χ3v) is 5.46. The van der Waals surface area contributed by atoms with Crippen molar-refractivity contribution in [1.29, 1.82) is 0 Å². The molecule has 0 bridgehead atoms. The van der Waals surface area contributed by atoms with Crippen LogP contribution in [-0.4, -0.2) is 26.7 Å². The second-order valence-corrected chi connectivity index (χ2v) is 7.44. The lowest BCUT2D eigenvalue weighted by Gasteiger charge is -2.16. The van der Waals surface area contributed by atoms with E-state index in [-0.39, 0.29) is 11.9 Å². The Morgan fingerprint density at radius 3 is 2.54 bits per heavy atom. The third kappa shape index (κ3) is 4.91. The molecule has 1 amide bonds. The van der Waals surface area contributed by atoms with Crippen LogP contribution in [-0.2, 0) is 4.79 Å². The molecule has 0 aliphatic heterocycles. The molecule has 3 rings (SSSR count). The van der Waals surface area contributed by atoms with Crippen molar-refractivity contribution in [3.05, 3.63) is 76.0 Å². The van der Waals surface area contributed by atoms with Crippen LogP contribution in [0.3, 0.4) is 0 Å². The Kier molecular flexibility index (Phi) is 6.68. The number of nitrogens with two attached hydrogens (primary N) is 1. The summed E-state index contributed by atoms with van der Waals surface area (Å²) >= 11 is 1.70. The van der Waals surface area contributed by atoms with Crippen LogP contribution in [0, 0.1) is 6.92 Å². The van der Waals surface area contributed by atoms with Crippen LogP contribution in [0.25, 0.3) is 0 Å². The van der Waals surface area contributed by atoms with E-state index in [1.807, 2.05) is 6.07 Å². The zero-order valence-electron chi connectivity index (χ0n) is 16.3. The van der Waals surface area contributed by atoms with Crippen LogP contribution in [0.1, 0.15) is 22.0 Å². The minimum atomic E-state index is -0.0860. The molecule has 6 heteroatoms. The first-order chi connectivity index (χ1) is 13.6. The van der Waals surface area contributed by atoms with Gasteiger partial charge in [0.1, 0.15) is 17.5 Å². The van der Waals surface area contributed by atoms with Gasteiger partial charge in [-0.2, -0.15) is 0 Å². The highest BCUT2D eigenvalue weighted by atomic mass is 32.1. The van der Waals surface area contributed by atoms with Gasteiger partial charge in [-0.1, -0.05) is 35.9 Å². The molecule has 146 valence electrons. The second-order valence-electron chi connectivity index (χ2n) is 6.46. The Balaban J connectivity index is 1.70. The average Bonchev–Trinajstić information content (AvgIpc) is 3.24. The smallest absolute Gasteiger partial charge is 0.279 e. The van der Waals surface area contributed by atoms with Crippen LogP contribution >= 0.6 is 11.3 Å². The molecular weight excluding hydrogens is 372 g/mol. The van der Waals surface area contributed by atoms with E-state index in [1.54, 1.807) is 43.8 Å². The highest BCUT2D eigenvalue weighted by Crippen LogP contribution is 2.29. The molecule has 0 aliphatic rings. The van der Waals surface area contributed by atoms with Crippen molar-refractivity contribution in [2.75, 3.05) is 26.1 Å². The third-order valence-electron chi connectivity index (χ3n) is 4.51. The van der Waals surface area contributed by atoms with Crippen molar-refractivity contribution in [2.45, 2.75) is 13.0 Å². The number of rotatable bonds is 8. The van der Waals surface area contributed by atoms with E-state index in [0.717, 1.165) is 0 Å². The van der Waals surface area contributed by atoms with Gasteiger partial charge >= 0.3 is 0 Å². The summed E-state index contributed by atoms with van der Waals surface area (Å²) in [5.41, 5.74) is 3.03. The average molecular weight is 398 g/mol. The molecule has 28 heavy (non-hydrogen) atoms. The van der Waals surface area contributed by atoms with Crippen molar-refractivity contribution in [2.24, 2.45) is 0 Å². The maximum atomic E-state index is 12.6. The molecule has 0 aliphatic carbocycles. The summed E-state index contributed by atoms with van der Waals surface area (Å²) in [7, 11) is 3.17. The summed E-state index contributed by atoms with van der Waals surface area (Å²) in [6.45, 7) is 2.37. The monoisotopic (exact) mass is 397 g/mol. The molecule has 3 aromatic rings. The highest BCUT2D eigenvalue weighted by Gasteiger charge is 2.20. The van der Waals surface area contributed by atoms with Gasteiger partial charge in [0.25, 0.3) is 5.91 Å². The van der Waals surface area contributed by atoms with Crippen LogP contribution in [0.5, 0.6) is 11.5 Å². The Labute approximate surface area is 169 Å². The Bertz CT molecular complexity index is 908. The standard InChI is InChI=1S/C22H24N2O3S/c1-15-6-8-16(9-7-15)22(20-5-4-12-28-20)23-14-21(25)24-18-11-10-17(26-2)13-19(18)27-3/h4-13,22-23H,14H2,1-3H3,(H,24,25)/p+1/t22-/m0/s1. The van der Waals surface area contributed by atoms with Crippen molar-refractivity contribution in [1.82, 2.24) is 0 Å². The Morgan fingerprint density at radius 1 is 1.11 bits per heavy atom. The molecule has 0 spiro atoms. The molecule has 0 saturated carbocycles. The van der Waals surface area contributed by atoms with E-state index >= 15 is 0 Å². The molecule has 0 saturated heterocycles. The molecule has 1 atom stereocenters. The zero-order chi connectivity index (χ0) is 19.9. The first-order valence-electron chi connectivity index (χ1n) is 9.06. The van der Waals surface area contributed by atoms with E-state index < -0.39 is 0 Å². The number of hydrogen-bond donors (Lipinski definition) is 2. The Hall–Kier alpha value is -2.83. The maximum Gasteiger partial charge on any atom is 0.279 e. The van der Waals surface area contributed by atoms with Crippen LogP contribution in [0.2, 0.25) is 0 Å². The number of amides is 1. The van der Waals surface area contributed by atoms with E-state index in [1.165, 1.54) is 16.0 Å². The summed E-state index contributed by atoms with van der Waals surface area (Å²) in [6, 6.07) is 18.0. The first kappa shape index (κ1) is 19.9. The summed E-state index contributed by atoms with van der Waals surface area (Å²) in [6.07, 6.45) is 0. The lowest BCUT2D eigenvalue weighted by Crippen LogP contribution is -2.87. The van der Waals surface area contributed by atoms with Crippen molar-refractivity contribution in [3.8, 4) is 11.5 Å². The molecular formula is C22H25N2O3S+. The van der Waals surface area contributed by atoms with Gasteiger partial charge in [-0.3, -0.25) is 4.79 Å². The molecule has 1 aromatic heterocycles. The summed E-state index contributed by atoms with van der Waals surface area (Å²) < 4.78 is 10.5. The van der Waals surface area contributed by atoms with Gasteiger partial charge in [0.15, 0.2) is 6.54 Å². The summed E-state index contributed by atoms with van der Waals surface area (Å²) in [5, 5.41) is 7.05. The quantitative estimate of drug-likeness (QED) is 0.613. The fourth-order valence-electron chi connectivity index (χ4n) is 2.99. The number of carbonyl (C=O) groups is 1. The fraction of sp³-hybridized carbons (Fsp3) is 0.227. The predicted octanol–water partition coefficient (Wildman–Crippen LogP) is 3.37. The highest BCUT2D eigenvalue weighted by molar-refractivity contribution is 7.10. The minimum absolute atomic E-state index is 0.0860. The molecule has 2 aromatic carbocycles. The minimum Gasteiger partial charge on any atom is -0.497 e. The number of methoxy groups -OCH3 is 2. The van der Waals surface area contributed by atoms with Crippen molar-refractivity contribution >= 4 is 22.9 Å². The van der Waals surface area contributed by atoms with Gasteiger partial charge in [0, 0.05) is 11.6 Å². The van der Waals surface area contributed by atoms with E-state index in [2.05, 4.69) is 53.3 Å². The molecule has 0 unspecified atom stereocenters. The van der Waals surface area contributed by atoms with Gasteiger partial charge in [-0.25, -0.2) is 0 Å². The maximum absolute atomic E-state index is 12.6. The molecule has 0 fully saturated rings. The fourth-order valence-corrected chi connectivity index (χ4v) is 3.84. The van der Waals surface area contributed by atoms with E-state index in [9.17, 15) is 4.79 Å². The van der Waals surface area contributed by atoms with Crippen molar-refractivity contribution < 1.29 is 19.6 Å². The lowest BCUT2D eigenvalue weighted by atomic mass is 10.0. The van der Waals surface area contributed by atoms with E-state index in [0.29, 0.717) is 23.7 Å². The number of carbonyl (C=O) groups excluding carboxylic acids is 1. The van der Waals surface area contributed by atoms with Gasteiger partial charge in [0.05, 0.1) is 24.8 Å². The van der Waals surface area contributed by atoms with Gasteiger partial charge in [-0.15, -0.1) is 11.3 Å². The first-order valence-corrected chi connectivity index (χ1v) is 9.94. The second kappa shape index (κ2) is 9.39. The van der Waals surface area contributed by atoms with Crippen LogP contribution in [0.4, 0.5) is 5.69 Å². The number of ether oxygens (including phenoxy) is 2. The number of nitrogens with one attached hydrogen (secondary N) is 1. The number of thiophene rings is 1. The number of hydrogen-bond acceptors (Lipinski definition) is 4. The van der Waals surface area contributed by atoms with Crippen LogP contribution < -0.4 is 20.1 Å². The molecule has 0 radical (unpaired) electrons. The summed E-state index contributed by atoms with van der Waals surface area (Å²) in [4.78, 5) is 13.8. The molecule has 1 heterocycles. The summed E-state index contributed by atoms with van der Waals surface area (Å²) in [5.74, 6) is 1.16. The number of anilines is 1. The van der Waals surface area contributed by atoms with Crippen molar-refractivity contribution in [3.63, 3.8) is 0 Å². The van der Waals surface area contributed by atoms with Crippen LogP contribution in [0.15, 0.2) is 60.0 Å². The molecule has 3 N–H and O–H groups in total. The van der Waals surface area contributed by atoms with Gasteiger partial charge in [-0.05, 0) is 30.5 Å². The molecule has 5 nitrogen and oxygen atoms in total. The van der Waals surface area contributed by atoms with Gasteiger partial charge < -0.3 is 20.1 Å². The van der Waals surface area contributed by atoms with Gasteiger partial charge in [0.2, 0.25) is 0 Å². The number of quaternary nitrogens is 1. The lowest BCUT2D eigenvalue weighted by molar-refractivity contribution is -0.675. The normalized spacial score (nSPS) is 11.7. The number of benzene rings is 2. The topological polar surface area (TPSA) is 64.2 Å². The predicted molar refractivity (Wildman–Crippen MR) is 112 cm³/mol. The zero-order valence-corrected chi connectivity index (χ0v) is 17.1.